The molecular weight excluding hydrogens is 456 g/mol. The SMILES string of the molecule is CC(C)c1cccc2c1CC(=CCCN1CCC(O)(c3ccc(Cl)cc3)CC1)c1cccnc1O2. The normalized spacial score (nSPS) is 18.6. The number of hydrogen-bond acceptors (Lipinski definition) is 4. The average molecular weight is 489 g/mol. The number of rotatable bonds is 5. The summed E-state index contributed by atoms with van der Waals surface area (Å²) in [6, 6.07) is 18.1. The van der Waals surface area contributed by atoms with Crippen molar-refractivity contribution in [2.24, 2.45) is 0 Å². The fourth-order valence-electron chi connectivity index (χ4n) is 5.31. The summed E-state index contributed by atoms with van der Waals surface area (Å²) >= 11 is 6.03. The molecule has 2 aromatic carbocycles. The van der Waals surface area contributed by atoms with Crippen molar-refractivity contribution < 1.29 is 9.84 Å². The van der Waals surface area contributed by atoms with Crippen LogP contribution in [0.5, 0.6) is 11.6 Å². The van der Waals surface area contributed by atoms with Crippen LogP contribution in [0, 0.1) is 0 Å². The van der Waals surface area contributed by atoms with E-state index in [9.17, 15) is 5.11 Å². The van der Waals surface area contributed by atoms with Crippen molar-refractivity contribution in [2.75, 3.05) is 19.6 Å². The molecule has 0 amide bonds. The molecule has 182 valence electrons. The fraction of sp³-hybridized carbons (Fsp3) is 0.367. The van der Waals surface area contributed by atoms with Crippen molar-refractivity contribution >= 4 is 17.2 Å². The molecule has 1 aromatic heterocycles. The molecule has 3 aromatic rings. The van der Waals surface area contributed by atoms with E-state index in [1.54, 1.807) is 6.20 Å². The Balaban J connectivity index is 1.29. The van der Waals surface area contributed by atoms with E-state index in [1.165, 1.54) is 16.7 Å². The quantitative estimate of drug-likeness (QED) is 0.421. The van der Waals surface area contributed by atoms with Crippen LogP contribution in [0.4, 0.5) is 0 Å². The van der Waals surface area contributed by atoms with Crippen molar-refractivity contribution in [2.45, 2.75) is 51.0 Å². The van der Waals surface area contributed by atoms with Crippen LogP contribution < -0.4 is 4.74 Å². The highest BCUT2D eigenvalue weighted by Gasteiger charge is 2.33. The maximum absolute atomic E-state index is 11.2. The van der Waals surface area contributed by atoms with E-state index in [4.69, 9.17) is 16.3 Å². The smallest absolute Gasteiger partial charge is 0.226 e. The van der Waals surface area contributed by atoms with E-state index in [0.29, 0.717) is 16.8 Å². The molecule has 3 heterocycles. The average Bonchev–Trinajstić information content (AvgIpc) is 3.02. The number of aliphatic hydroxyl groups is 1. The van der Waals surface area contributed by atoms with Gasteiger partial charge in [0.1, 0.15) is 5.75 Å². The summed E-state index contributed by atoms with van der Waals surface area (Å²) in [6.45, 7) is 7.19. The molecule has 35 heavy (non-hydrogen) atoms. The molecule has 0 aliphatic carbocycles. The number of benzene rings is 2. The number of allylic oxidation sites excluding steroid dienone is 1. The number of pyridine rings is 1. The molecular formula is C30H33ClN2O2. The topological polar surface area (TPSA) is 45.6 Å². The molecule has 1 N–H and O–H groups in total. The van der Waals surface area contributed by atoms with E-state index in [1.807, 2.05) is 30.3 Å². The van der Waals surface area contributed by atoms with Gasteiger partial charge in [0.05, 0.1) is 5.60 Å². The summed E-state index contributed by atoms with van der Waals surface area (Å²) in [6.07, 6.45) is 7.41. The molecule has 0 radical (unpaired) electrons. The second-order valence-electron chi connectivity index (χ2n) is 10.0. The van der Waals surface area contributed by atoms with Gasteiger partial charge in [-0.25, -0.2) is 4.98 Å². The van der Waals surface area contributed by atoms with E-state index in [-0.39, 0.29) is 0 Å². The van der Waals surface area contributed by atoms with Crippen LogP contribution in [-0.4, -0.2) is 34.6 Å². The number of ether oxygens (including phenoxy) is 1. The summed E-state index contributed by atoms with van der Waals surface area (Å²) in [4.78, 5) is 6.99. The van der Waals surface area contributed by atoms with Crippen molar-refractivity contribution in [3.05, 3.63) is 94.1 Å². The van der Waals surface area contributed by atoms with Crippen LogP contribution in [0.2, 0.25) is 5.02 Å². The second-order valence-corrected chi connectivity index (χ2v) is 10.4. The number of hydrogen-bond donors (Lipinski definition) is 1. The van der Waals surface area contributed by atoms with E-state index >= 15 is 0 Å². The summed E-state index contributed by atoms with van der Waals surface area (Å²) in [5.41, 5.74) is 5.14. The predicted molar refractivity (Wildman–Crippen MR) is 142 cm³/mol. The fourth-order valence-corrected chi connectivity index (χ4v) is 5.44. The lowest BCUT2D eigenvalue weighted by molar-refractivity contribution is -0.0254. The van der Waals surface area contributed by atoms with Crippen LogP contribution >= 0.6 is 11.6 Å². The third-order valence-electron chi connectivity index (χ3n) is 7.38. The minimum atomic E-state index is -0.764. The lowest BCUT2D eigenvalue weighted by Crippen LogP contribution is -2.42. The van der Waals surface area contributed by atoms with Gasteiger partial charge >= 0.3 is 0 Å². The number of halogens is 1. The molecule has 5 heteroatoms. The van der Waals surface area contributed by atoms with E-state index in [2.05, 4.69) is 54.1 Å². The lowest BCUT2D eigenvalue weighted by atomic mass is 9.84. The minimum Gasteiger partial charge on any atom is -0.438 e. The first-order valence-corrected chi connectivity index (χ1v) is 13.0. The van der Waals surface area contributed by atoms with Crippen molar-refractivity contribution in [1.82, 2.24) is 9.88 Å². The zero-order valence-corrected chi connectivity index (χ0v) is 21.3. The highest BCUT2D eigenvalue weighted by atomic mass is 35.5. The molecule has 0 atom stereocenters. The van der Waals surface area contributed by atoms with Gasteiger partial charge in [0.25, 0.3) is 0 Å². The Labute approximate surface area is 213 Å². The maximum Gasteiger partial charge on any atom is 0.226 e. The molecule has 0 spiro atoms. The number of likely N-dealkylation sites (tertiary alicyclic amines) is 1. The van der Waals surface area contributed by atoms with Crippen molar-refractivity contribution in [1.29, 1.82) is 0 Å². The molecule has 5 rings (SSSR count). The Morgan fingerprint density at radius 3 is 2.60 bits per heavy atom. The standard InChI is InChI=1S/C30H33ClN2O2/c1-21(2)25-7-3-9-28-27(25)20-22(26-8-4-16-32-29(26)35-28)6-5-17-33-18-14-30(34,15-19-33)23-10-12-24(31)13-11-23/h3-4,6-13,16,21,34H,5,14-15,17-20H2,1-2H3. The summed E-state index contributed by atoms with van der Waals surface area (Å²) in [7, 11) is 0. The molecule has 1 fully saturated rings. The van der Waals surface area contributed by atoms with Crippen LogP contribution in [0.25, 0.3) is 5.57 Å². The van der Waals surface area contributed by atoms with Gasteiger partial charge in [-0.2, -0.15) is 0 Å². The Bertz CT molecular complexity index is 1210. The Morgan fingerprint density at radius 2 is 1.86 bits per heavy atom. The van der Waals surface area contributed by atoms with Gasteiger partial charge in [-0.3, -0.25) is 0 Å². The first-order chi connectivity index (χ1) is 16.9. The van der Waals surface area contributed by atoms with Gasteiger partial charge in [-0.1, -0.05) is 55.8 Å². The van der Waals surface area contributed by atoms with E-state index < -0.39 is 5.60 Å². The van der Waals surface area contributed by atoms with Crippen LogP contribution in [0.1, 0.15) is 61.3 Å². The van der Waals surface area contributed by atoms with Gasteiger partial charge in [0.2, 0.25) is 5.88 Å². The Kier molecular flexibility index (Phi) is 6.97. The molecule has 4 nitrogen and oxygen atoms in total. The van der Waals surface area contributed by atoms with Gasteiger partial charge in [-0.15, -0.1) is 0 Å². The predicted octanol–water partition coefficient (Wildman–Crippen LogP) is 6.96. The van der Waals surface area contributed by atoms with Crippen LogP contribution in [0.3, 0.4) is 0 Å². The third kappa shape index (κ3) is 5.16. The van der Waals surface area contributed by atoms with Gasteiger partial charge in [-0.05, 0) is 72.2 Å². The van der Waals surface area contributed by atoms with Crippen LogP contribution in [0.15, 0.2) is 66.9 Å². The van der Waals surface area contributed by atoms with E-state index in [0.717, 1.165) is 62.2 Å². The van der Waals surface area contributed by atoms with Gasteiger partial charge < -0.3 is 14.7 Å². The molecule has 2 aliphatic rings. The number of nitrogens with zero attached hydrogens (tertiary/aromatic N) is 2. The highest BCUT2D eigenvalue weighted by molar-refractivity contribution is 6.30. The largest absolute Gasteiger partial charge is 0.438 e. The first-order valence-electron chi connectivity index (χ1n) is 12.6. The maximum atomic E-state index is 11.2. The third-order valence-corrected chi connectivity index (χ3v) is 7.64. The summed E-state index contributed by atoms with van der Waals surface area (Å²) < 4.78 is 6.29. The van der Waals surface area contributed by atoms with Crippen molar-refractivity contribution in [3.63, 3.8) is 0 Å². The number of piperidine rings is 1. The monoisotopic (exact) mass is 488 g/mol. The highest BCUT2D eigenvalue weighted by Crippen LogP contribution is 2.41. The minimum absolute atomic E-state index is 0.428. The number of fused-ring (bicyclic) bond motifs is 2. The zero-order valence-electron chi connectivity index (χ0n) is 20.5. The number of aromatic nitrogens is 1. The van der Waals surface area contributed by atoms with Crippen LogP contribution in [-0.2, 0) is 12.0 Å². The Hall–Kier alpha value is -2.66. The lowest BCUT2D eigenvalue weighted by Gasteiger charge is -2.38. The molecule has 0 saturated carbocycles. The molecule has 0 unspecified atom stereocenters. The Morgan fingerprint density at radius 1 is 1.09 bits per heavy atom. The first kappa shape index (κ1) is 24.1. The second kappa shape index (κ2) is 10.1. The van der Waals surface area contributed by atoms with Crippen molar-refractivity contribution in [3.8, 4) is 11.6 Å². The van der Waals surface area contributed by atoms with Gasteiger partial charge in [0.15, 0.2) is 0 Å². The molecule has 0 bridgehead atoms. The molecule has 1 saturated heterocycles. The molecule has 2 aliphatic heterocycles. The van der Waals surface area contributed by atoms with Gasteiger partial charge in [0, 0.05) is 48.4 Å². The summed E-state index contributed by atoms with van der Waals surface area (Å²) in [5.74, 6) is 2.03. The zero-order chi connectivity index (χ0) is 24.4. The summed E-state index contributed by atoms with van der Waals surface area (Å²) in [5, 5.41) is 11.9.